The number of hydrogen-bond acceptors (Lipinski definition) is 38. The zero-order valence-electron chi connectivity index (χ0n) is 70.2. The number of anilines is 2. The zero-order valence-corrected chi connectivity index (χ0v) is 70.2. The van der Waals surface area contributed by atoms with Crippen molar-refractivity contribution >= 4 is 167 Å². The van der Waals surface area contributed by atoms with Crippen molar-refractivity contribution in [2.24, 2.45) is 20.0 Å². The molecule has 16 atom stereocenters. The highest BCUT2D eigenvalue weighted by atomic mass is 19.4. The molecule has 681 valence electrons. The minimum atomic E-state index is -3.67. The van der Waals surface area contributed by atoms with Crippen LogP contribution in [0.5, 0.6) is 0 Å². The molecule has 8 aromatic heterocycles. The van der Waals surface area contributed by atoms with Crippen LogP contribution in [0, 0.1) is 0 Å². The first-order valence-corrected chi connectivity index (χ1v) is 37.7. The number of nitrogens with zero attached hydrogens (tertiary/aromatic N) is 14. The van der Waals surface area contributed by atoms with Gasteiger partial charge in [-0.05, 0) is 52.0 Å². The molecule has 127 heavy (non-hydrogen) atoms. The van der Waals surface area contributed by atoms with Gasteiger partial charge in [0.25, 0.3) is 11.1 Å². The Kier molecular flexibility index (Phi) is 32.2. The van der Waals surface area contributed by atoms with Gasteiger partial charge in [0.05, 0.1) is 61.7 Å². The Hall–Kier alpha value is -12.5. The molecule has 4 fully saturated rings. The summed E-state index contributed by atoms with van der Waals surface area (Å²) in [6, 6.07) is 5.86. The van der Waals surface area contributed by atoms with E-state index in [9.17, 15) is 81.9 Å². The highest BCUT2D eigenvalue weighted by Crippen LogP contribution is 2.51. The summed E-state index contributed by atoms with van der Waals surface area (Å²) in [7, 11) is 5.12. The van der Waals surface area contributed by atoms with E-state index in [1.807, 2.05) is 27.4 Å². The molecule has 16 heterocycles. The number of aliphatic hydroxyl groups excluding tert-OH is 4. The first-order valence-electron chi connectivity index (χ1n) is 37.7. The molecule has 8 aromatic rings. The second-order valence-electron chi connectivity index (χ2n) is 29.7. The van der Waals surface area contributed by atoms with Crippen molar-refractivity contribution in [1.29, 1.82) is 0 Å². The lowest BCUT2D eigenvalue weighted by Crippen LogP contribution is -3.00. The molecule has 0 spiro atoms. The van der Waals surface area contributed by atoms with E-state index >= 15 is 0 Å². The van der Waals surface area contributed by atoms with Crippen LogP contribution in [0.3, 0.4) is 0 Å². The van der Waals surface area contributed by atoms with Gasteiger partial charge in [0, 0.05) is 121 Å². The van der Waals surface area contributed by atoms with E-state index in [1.165, 1.54) is 107 Å². The van der Waals surface area contributed by atoms with Crippen LogP contribution in [0.25, 0.3) is 55.8 Å². The first kappa shape index (κ1) is 100.0. The maximum absolute atomic E-state index is 12.1. The highest BCUT2D eigenvalue weighted by Gasteiger charge is 2.62. The summed E-state index contributed by atoms with van der Waals surface area (Å²) in [5.74, 6) is -0.426. The Morgan fingerprint density at radius 3 is 1.20 bits per heavy atom. The molecule has 4 saturated heterocycles. The smallest absolute Gasteiger partial charge is 0.762 e. The number of carbonyl (C=O) groups is 6. The molecule has 16 rings (SSSR count). The van der Waals surface area contributed by atoms with Crippen molar-refractivity contribution in [1.82, 2.24) is 48.2 Å². The average Bonchev–Trinajstić information content (AvgIpc) is 1.53. The van der Waals surface area contributed by atoms with E-state index in [-0.39, 0.29) is 39.3 Å². The van der Waals surface area contributed by atoms with Crippen LogP contribution in [-0.2, 0) is 90.0 Å². The van der Waals surface area contributed by atoms with Gasteiger partial charge < -0.3 is 125 Å². The van der Waals surface area contributed by atoms with E-state index in [1.54, 1.807) is 87.3 Å². The summed E-state index contributed by atoms with van der Waals surface area (Å²) in [4.78, 5) is 137. The van der Waals surface area contributed by atoms with Crippen LogP contribution in [0.1, 0.15) is 113 Å². The SMILES string of the molecule is C.CC(=O)OC[C@H]1OC(n2cc3ccc(=O)nc4c3c2N=CN4)[C@](C)(OC(C)=O)[C@@H]1OC(C)=O.COC1=Nc2ncnc3c2c(cn3C2O[C@H](CO)[C@@H](O)[C@@]2(C)O)C=C1.COC1=Nc2ncnc3c2c(cn3C2O[C@H](COC(C)=O)[C@@H](OC(C)=O)[C@@]2(C)OC(C)=O)C=C1.C[C@]1(O)C(n2cc3ccc(=O)nc4c3c2N=CN4)O[C@H](CO)[C@H]1O.C[O+](C)C.FB(F)F.[B].[F-]. The third kappa shape index (κ3) is 21.0. The molecule has 8 aliphatic heterocycles. The number of aliphatic imine (C=N–C) groups is 4. The second-order valence-corrected chi connectivity index (χ2v) is 29.7. The van der Waals surface area contributed by atoms with E-state index in [4.69, 9.17) is 56.8 Å². The van der Waals surface area contributed by atoms with Gasteiger partial charge in [0.15, 0.2) is 60.0 Å². The van der Waals surface area contributed by atoms with Crippen LogP contribution in [0.2, 0.25) is 0 Å². The molecular formula is C78H93B2F4N16O27. The van der Waals surface area contributed by atoms with Crippen molar-refractivity contribution in [2.75, 3.05) is 72.6 Å². The average molecular weight is 1780 g/mol. The zero-order chi connectivity index (χ0) is 90.5. The maximum Gasteiger partial charge on any atom is 0.762 e. The Morgan fingerprint density at radius 1 is 0.520 bits per heavy atom. The van der Waals surface area contributed by atoms with Gasteiger partial charge in [0.1, 0.15) is 130 Å². The van der Waals surface area contributed by atoms with E-state index in [0.29, 0.717) is 90.3 Å². The van der Waals surface area contributed by atoms with Crippen molar-refractivity contribution < 1.29 is 138 Å². The molecule has 0 amide bonds. The Balaban J connectivity index is 0.000000203. The van der Waals surface area contributed by atoms with Crippen molar-refractivity contribution in [3.05, 3.63) is 106 Å². The quantitative estimate of drug-likeness (QED) is 0.0249. The monoisotopic (exact) mass is 1780 g/mol. The Morgan fingerprint density at radius 2 is 0.866 bits per heavy atom. The normalized spacial score (nSPS) is 26.0. The van der Waals surface area contributed by atoms with Crippen molar-refractivity contribution in [2.45, 2.75) is 173 Å². The largest absolute Gasteiger partial charge is 1.00 e. The van der Waals surface area contributed by atoms with Gasteiger partial charge in [-0.25, -0.2) is 29.9 Å². The standard InChI is InChI=1S/C22H24N4O8.C21H22N4O8.C16H18N4O5.C15H16N4O5.C3H9O.CH4.BF3.B.FH/c1-11(27)31-9-15-18(32-12(2)28)22(4,34-13(3)29)21(33-15)26-8-14-6-7-16(30-5)25-19-17(14)20(26)24-10-23-19;1-10(26)30-8-14-17(31-11(2)27)21(4,33-12(3)28)20(32-14)25-7-13-5-6-15(29)24-18-16(13)19(25)23-9-22-18;1-16(23)12(22)9(6-21)25-15(16)20-5-8-3-4-10(24-2)19-13-11(8)14(20)18-7-17-13;1-15(23)11(22)8(5-20)24-14(15)19-4-7-2-3-9(21)18-12-10(7)13(19)17-6-16-12;1-4(2)3;;2-1(3)4;;/h6-8,10,15,18,21H,9H2,1-5H3;5-7,9,14,17,20H,8H2,1-4H3,(H,22,23,24,29);3-5,7,9,12,15,21-23H,6H2,1-2H3;2-4,6,8,11,14,20,22-23H,5H2,1H3,(H,16,17,18,21);1-3H3;1H4;;;1H/q;;;;+1;;;;/p-1/t15-,18-,21?,22-;14-,17-,20?,21-;9-,12-,15?,16-;8-,11-,14?,15-;;;;;/m1111...../s1. The molecule has 4 unspecified atom stereocenters. The molecule has 43 nitrogen and oxygen atoms in total. The number of methoxy groups -OCH3 is 2. The predicted octanol–water partition coefficient (Wildman–Crippen LogP) is 1.23. The molecule has 0 bridgehead atoms. The van der Waals surface area contributed by atoms with E-state index in [2.05, 4.69) is 64.9 Å². The minimum absolute atomic E-state index is 0. The number of ether oxygens (including phenoxy) is 12. The van der Waals surface area contributed by atoms with Crippen LogP contribution in [0.15, 0.2) is 103 Å². The molecule has 8 N–H and O–H groups in total. The fourth-order valence-electron chi connectivity index (χ4n) is 14.9. The van der Waals surface area contributed by atoms with E-state index < -0.39 is 158 Å². The number of hydrogen-bond donors (Lipinski definition) is 8. The van der Waals surface area contributed by atoms with Crippen molar-refractivity contribution in [3.63, 3.8) is 0 Å². The van der Waals surface area contributed by atoms with Gasteiger partial charge >= 0.3 is 43.4 Å². The summed E-state index contributed by atoms with van der Waals surface area (Å²) in [5, 5.41) is 70.0. The van der Waals surface area contributed by atoms with Crippen molar-refractivity contribution in [3.8, 4) is 0 Å². The number of esters is 6. The molecule has 0 saturated carbocycles. The summed E-state index contributed by atoms with van der Waals surface area (Å²) >= 11 is 0. The summed E-state index contributed by atoms with van der Waals surface area (Å²) < 4.78 is 105. The number of halogens is 4. The Bertz CT molecular complexity index is 5740. The molecule has 3 radical (unpaired) electrons. The second kappa shape index (κ2) is 40.9. The lowest BCUT2D eigenvalue weighted by molar-refractivity contribution is -0.184. The predicted molar refractivity (Wildman–Crippen MR) is 445 cm³/mol. The van der Waals surface area contributed by atoms with Gasteiger partial charge in [-0.15, -0.1) is 0 Å². The number of carbonyl (C=O) groups excluding carboxylic acids is 6. The number of aromatic nitrogens is 10. The molecule has 8 aliphatic rings. The lowest BCUT2D eigenvalue weighted by Gasteiger charge is -2.34. The van der Waals surface area contributed by atoms with Gasteiger partial charge in [-0.1, -0.05) is 7.43 Å². The third-order valence-corrected chi connectivity index (χ3v) is 20.0. The van der Waals surface area contributed by atoms with Crippen LogP contribution in [0.4, 0.5) is 47.9 Å². The highest BCUT2D eigenvalue weighted by molar-refractivity contribution is 6.33. The van der Waals surface area contributed by atoms with Gasteiger partial charge in [-0.3, -0.25) is 51.3 Å². The summed E-state index contributed by atoms with van der Waals surface area (Å²) in [6.45, 7) is 12.2. The van der Waals surface area contributed by atoms with Crippen LogP contribution in [-0.4, -0.2) is 288 Å². The van der Waals surface area contributed by atoms with Gasteiger partial charge in [-0.2, -0.15) is 20.0 Å². The molecule has 49 heteroatoms. The minimum Gasteiger partial charge on any atom is -1.00 e. The third-order valence-electron chi connectivity index (χ3n) is 20.0. The van der Waals surface area contributed by atoms with Gasteiger partial charge in [0.2, 0.25) is 11.8 Å². The summed E-state index contributed by atoms with van der Waals surface area (Å²) in [6.07, 6.45) is 7.16. The Labute approximate surface area is 721 Å². The first-order chi connectivity index (χ1) is 58.6. The van der Waals surface area contributed by atoms with Crippen LogP contribution < -0.4 is 26.5 Å². The number of rotatable bonds is 14. The fraction of sp³-hybridized carbons (Fsp3) is 0.462. The maximum atomic E-state index is 12.1. The topological polar surface area (TPSA) is 542 Å². The lowest BCUT2D eigenvalue weighted by atomic mass is 9.95. The van der Waals surface area contributed by atoms with E-state index in [0.717, 1.165) is 11.1 Å². The number of nitrogens with one attached hydrogen (secondary N) is 2. The number of aliphatic hydroxyl groups is 6. The molecule has 0 aliphatic carbocycles. The summed E-state index contributed by atoms with van der Waals surface area (Å²) in [5.41, 5.74) is -4.58. The van der Waals surface area contributed by atoms with Crippen LogP contribution >= 0.6 is 0 Å². The molecular weight excluding hydrogens is 1690 g/mol. The fourth-order valence-corrected chi connectivity index (χ4v) is 14.9. The molecule has 0 aromatic carbocycles.